The lowest BCUT2D eigenvalue weighted by molar-refractivity contribution is 0.0519. The molecule has 5 rings (SSSR count). The molecule has 4 aromatic rings. The summed E-state index contributed by atoms with van der Waals surface area (Å²) in [6.45, 7) is 7.82. The molecule has 1 fully saturated rings. The lowest BCUT2D eigenvalue weighted by atomic mass is 10.0. The number of hydrogen-bond donors (Lipinski definition) is 2. The molecule has 0 spiro atoms. The summed E-state index contributed by atoms with van der Waals surface area (Å²) in [5.41, 5.74) is 3.92. The molecule has 176 valence electrons. The number of nitrogens with one attached hydrogen (secondary N) is 2. The number of carbonyl (C=O) groups is 1. The van der Waals surface area contributed by atoms with E-state index in [0.29, 0.717) is 11.8 Å². The minimum atomic E-state index is -0.477. The SMILES string of the molecule is C[C@@H]1[C@H](CCc2nc3ccc(-c4ccc5cc(Br)ccc5c4)cc3[nH]2)[C@@H]1NC(=O)OC(C)(C)C. The zero-order valence-corrected chi connectivity index (χ0v) is 21.6. The number of rotatable bonds is 5. The molecule has 5 nitrogen and oxygen atoms in total. The smallest absolute Gasteiger partial charge is 0.407 e. The van der Waals surface area contributed by atoms with Crippen LogP contribution in [0.15, 0.2) is 59.1 Å². The largest absolute Gasteiger partial charge is 0.444 e. The normalized spacial score (nSPS) is 20.0. The molecule has 1 heterocycles. The van der Waals surface area contributed by atoms with Crippen LogP contribution < -0.4 is 5.32 Å². The van der Waals surface area contributed by atoms with Gasteiger partial charge in [0.05, 0.1) is 11.0 Å². The van der Waals surface area contributed by atoms with Gasteiger partial charge in [0.15, 0.2) is 0 Å². The number of aromatic nitrogens is 2. The Balaban J connectivity index is 1.25. The van der Waals surface area contributed by atoms with Gasteiger partial charge in [-0.25, -0.2) is 9.78 Å². The number of hydrogen-bond acceptors (Lipinski definition) is 3. The van der Waals surface area contributed by atoms with Crippen LogP contribution >= 0.6 is 15.9 Å². The molecular weight excluding hydrogens is 490 g/mol. The monoisotopic (exact) mass is 519 g/mol. The minimum absolute atomic E-state index is 0.180. The molecule has 1 amide bonds. The maximum Gasteiger partial charge on any atom is 0.407 e. The number of benzene rings is 3. The molecule has 0 bridgehead atoms. The van der Waals surface area contributed by atoms with E-state index in [0.717, 1.165) is 34.2 Å². The van der Waals surface area contributed by atoms with Crippen LogP contribution in [0.25, 0.3) is 32.9 Å². The number of aryl methyl sites for hydroxylation is 1. The molecule has 1 aliphatic rings. The fourth-order valence-electron chi connectivity index (χ4n) is 4.73. The molecule has 1 saturated carbocycles. The van der Waals surface area contributed by atoms with Gasteiger partial charge in [-0.3, -0.25) is 0 Å². The van der Waals surface area contributed by atoms with Crippen molar-refractivity contribution in [2.45, 2.75) is 52.2 Å². The first kappa shape index (κ1) is 22.9. The Morgan fingerprint density at radius 2 is 1.76 bits per heavy atom. The molecule has 1 aliphatic carbocycles. The first-order valence-electron chi connectivity index (χ1n) is 11.8. The number of halogens is 1. The van der Waals surface area contributed by atoms with Crippen molar-refractivity contribution in [2.75, 3.05) is 0 Å². The third-order valence-electron chi connectivity index (χ3n) is 6.63. The number of ether oxygens (including phenoxy) is 1. The first-order chi connectivity index (χ1) is 16.2. The van der Waals surface area contributed by atoms with E-state index >= 15 is 0 Å². The number of amides is 1. The Bertz CT molecular complexity index is 1370. The maximum absolute atomic E-state index is 12.1. The molecule has 0 saturated heterocycles. The minimum Gasteiger partial charge on any atom is -0.444 e. The number of carbonyl (C=O) groups excluding carboxylic acids is 1. The standard InChI is InChI=1S/C28H30BrN3O2/c1-16-22(26(16)32-27(33)34-28(2,3)4)10-12-25-30-23-11-8-20(15-24(23)31-25)17-5-6-19-14-21(29)9-7-18(19)13-17/h5-9,11,13-16,22,26H,10,12H2,1-4H3,(H,30,31)(H,32,33)/t16-,22+,26-/m1/s1. The van der Waals surface area contributed by atoms with Gasteiger partial charge in [-0.1, -0.05) is 47.1 Å². The van der Waals surface area contributed by atoms with Gasteiger partial charge < -0.3 is 15.0 Å². The van der Waals surface area contributed by atoms with E-state index in [1.807, 2.05) is 20.8 Å². The van der Waals surface area contributed by atoms with E-state index < -0.39 is 5.60 Å². The van der Waals surface area contributed by atoms with Gasteiger partial charge in [0, 0.05) is 16.9 Å². The zero-order valence-electron chi connectivity index (χ0n) is 20.0. The van der Waals surface area contributed by atoms with Crippen molar-refractivity contribution in [3.63, 3.8) is 0 Å². The third-order valence-corrected chi connectivity index (χ3v) is 7.12. The van der Waals surface area contributed by atoms with Crippen LogP contribution in [0.1, 0.15) is 39.9 Å². The summed E-state index contributed by atoms with van der Waals surface area (Å²) in [5.74, 6) is 1.90. The van der Waals surface area contributed by atoms with Crippen molar-refractivity contribution in [2.24, 2.45) is 11.8 Å². The summed E-state index contributed by atoms with van der Waals surface area (Å²) in [5, 5.41) is 5.46. The third kappa shape index (κ3) is 4.97. The number of imidazole rings is 1. The van der Waals surface area contributed by atoms with E-state index in [4.69, 9.17) is 9.72 Å². The van der Waals surface area contributed by atoms with E-state index in [9.17, 15) is 4.79 Å². The summed E-state index contributed by atoms with van der Waals surface area (Å²) < 4.78 is 6.48. The van der Waals surface area contributed by atoms with Crippen LogP contribution in [-0.4, -0.2) is 27.7 Å². The van der Waals surface area contributed by atoms with Crippen LogP contribution in [0.5, 0.6) is 0 Å². The highest BCUT2D eigenvalue weighted by atomic mass is 79.9. The van der Waals surface area contributed by atoms with Crippen LogP contribution in [0, 0.1) is 11.8 Å². The van der Waals surface area contributed by atoms with E-state index in [2.05, 4.69) is 87.8 Å². The van der Waals surface area contributed by atoms with Gasteiger partial charge in [-0.15, -0.1) is 0 Å². The van der Waals surface area contributed by atoms with Gasteiger partial charge >= 0.3 is 6.09 Å². The molecule has 1 aromatic heterocycles. The molecule has 2 N–H and O–H groups in total. The Hall–Kier alpha value is -2.86. The highest BCUT2D eigenvalue weighted by Gasteiger charge is 2.47. The summed E-state index contributed by atoms with van der Waals surface area (Å²) in [6, 6.07) is 19.5. The van der Waals surface area contributed by atoms with Crippen LogP contribution in [-0.2, 0) is 11.2 Å². The number of nitrogens with zero attached hydrogens (tertiary/aromatic N) is 1. The molecule has 6 heteroatoms. The van der Waals surface area contributed by atoms with Crippen LogP contribution in [0.4, 0.5) is 4.79 Å². The van der Waals surface area contributed by atoms with Gasteiger partial charge in [-0.05, 0) is 91.3 Å². The van der Waals surface area contributed by atoms with Crippen LogP contribution in [0.3, 0.4) is 0 Å². The first-order valence-corrected chi connectivity index (χ1v) is 12.6. The topological polar surface area (TPSA) is 67.0 Å². The Kier molecular flexibility index (Phi) is 5.88. The number of aromatic amines is 1. The summed E-state index contributed by atoms with van der Waals surface area (Å²) in [7, 11) is 0. The predicted octanol–water partition coefficient (Wildman–Crippen LogP) is 7.24. The Morgan fingerprint density at radius 3 is 2.56 bits per heavy atom. The van der Waals surface area contributed by atoms with Crippen molar-refractivity contribution in [3.8, 4) is 11.1 Å². The lowest BCUT2D eigenvalue weighted by Crippen LogP contribution is -2.34. The molecule has 0 radical (unpaired) electrons. The quantitative estimate of drug-likeness (QED) is 0.292. The van der Waals surface area contributed by atoms with Crippen molar-refractivity contribution in [3.05, 3.63) is 64.9 Å². The fraction of sp³-hybridized carbons (Fsp3) is 0.357. The highest BCUT2D eigenvalue weighted by molar-refractivity contribution is 9.10. The fourth-order valence-corrected chi connectivity index (χ4v) is 5.11. The second-order valence-electron chi connectivity index (χ2n) is 10.4. The molecule has 34 heavy (non-hydrogen) atoms. The summed E-state index contributed by atoms with van der Waals surface area (Å²) >= 11 is 3.54. The molecule has 0 unspecified atom stereocenters. The van der Waals surface area contributed by atoms with Gasteiger partial charge in [0.25, 0.3) is 0 Å². The number of alkyl carbamates (subject to hydrolysis) is 1. The molecule has 0 aliphatic heterocycles. The lowest BCUT2D eigenvalue weighted by Gasteiger charge is -2.19. The van der Waals surface area contributed by atoms with Crippen LogP contribution in [0.2, 0.25) is 0 Å². The second kappa shape index (κ2) is 8.73. The molecule has 3 atom stereocenters. The van der Waals surface area contributed by atoms with Gasteiger partial charge in [0.1, 0.15) is 11.4 Å². The van der Waals surface area contributed by atoms with Gasteiger partial charge in [0.2, 0.25) is 0 Å². The van der Waals surface area contributed by atoms with E-state index in [1.54, 1.807) is 0 Å². The van der Waals surface area contributed by atoms with Gasteiger partial charge in [-0.2, -0.15) is 0 Å². The summed E-state index contributed by atoms with van der Waals surface area (Å²) in [6.07, 6.45) is 1.51. The van der Waals surface area contributed by atoms with E-state index in [-0.39, 0.29) is 12.1 Å². The maximum atomic E-state index is 12.1. The van der Waals surface area contributed by atoms with Crippen molar-refractivity contribution in [1.29, 1.82) is 0 Å². The Morgan fingerprint density at radius 1 is 1.06 bits per heavy atom. The number of H-pyrrole nitrogens is 1. The molecular formula is C28H30BrN3O2. The molecule has 3 aromatic carbocycles. The summed E-state index contributed by atoms with van der Waals surface area (Å²) in [4.78, 5) is 20.4. The second-order valence-corrected chi connectivity index (χ2v) is 11.3. The van der Waals surface area contributed by atoms with Crippen molar-refractivity contribution >= 4 is 43.8 Å². The average molecular weight is 520 g/mol. The predicted molar refractivity (Wildman–Crippen MR) is 141 cm³/mol. The average Bonchev–Trinajstić information content (AvgIpc) is 3.17. The number of fused-ring (bicyclic) bond motifs is 2. The van der Waals surface area contributed by atoms with Crippen molar-refractivity contribution < 1.29 is 9.53 Å². The highest BCUT2D eigenvalue weighted by Crippen LogP contribution is 2.42. The van der Waals surface area contributed by atoms with E-state index in [1.165, 1.54) is 21.9 Å². The Labute approximate surface area is 208 Å². The zero-order chi connectivity index (χ0) is 24.0. The van der Waals surface area contributed by atoms with Crippen molar-refractivity contribution in [1.82, 2.24) is 15.3 Å².